The Hall–Kier alpha value is -2.10. The summed E-state index contributed by atoms with van der Waals surface area (Å²) in [4.78, 5) is 15.4. The Kier molecular flexibility index (Phi) is 6.59. The molecule has 1 atom stereocenters. The van der Waals surface area contributed by atoms with Gasteiger partial charge < -0.3 is 22.7 Å². The Bertz CT molecular complexity index is 782. The van der Waals surface area contributed by atoms with Crippen molar-refractivity contribution in [1.82, 2.24) is 4.98 Å². The minimum atomic E-state index is 0. The maximum Gasteiger partial charge on any atom is 0.168 e. The summed E-state index contributed by atoms with van der Waals surface area (Å²) < 4.78 is 0. The fraction of sp³-hybridized carbons (Fsp3) is 0.250. The number of fused-ring (bicyclic) bond motifs is 1. The molecule has 1 unspecified atom stereocenters. The molecule has 0 aliphatic rings. The molecule has 0 saturated heterocycles. The maximum atomic E-state index is 12.1. The van der Waals surface area contributed by atoms with Gasteiger partial charge in [0, 0.05) is 29.1 Å². The molecule has 4 heteroatoms. The van der Waals surface area contributed by atoms with E-state index >= 15 is 0 Å². The highest BCUT2D eigenvalue weighted by Gasteiger charge is 2.12. The van der Waals surface area contributed by atoms with E-state index in [0.717, 1.165) is 18.5 Å². The average molecular weight is 343 g/mol. The van der Waals surface area contributed by atoms with Gasteiger partial charge in [0.25, 0.3) is 0 Å². The maximum absolute atomic E-state index is 12.1. The summed E-state index contributed by atoms with van der Waals surface area (Å²) in [6.07, 6.45) is 3.69. The fourth-order valence-electron chi connectivity index (χ4n) is 3.00. The first-order valence-electron chi connectivity index (χ1n) is 8.20. The van der Waals surface area contributed by atoms with E-state index in [1.165, 1.54) is 16.5 Å². The zero-order chi connectivity index (χ0) is 16.1. The van der Waals surface area contributed by atoms with Crippen molar-refractivity contribution in [3.8, 4) is 0 Å². The van der Waals surface area contributed by atoms with Crippen LogP contribution in [-0.2, 0) is 6.42 Å². The second kappa shape index (κ2) is 8.67. The van der Waals surface area contributed by atoms with Gasteiger partial charge in [0.05, 0.1) is 19.0 Å². The van der Waals surface area contributed by atoms with Crippen LogP contribution in [0.2, 0.25) is 0 Å². The molecule has 1 aromatic heterocycles. The van der Waals surface area contributed by atoms with Crippen LogP contribution in [0.1, 0.15) is 29.3 Å². The minimum absolute atomic E-state index is 0. The molecule has 0 fully saturated rings. The molecule has 24 heavy (non-hydrogen) atoms. The van der Waals surface area contributed by atoms with Crippen LogP contribution in [0.25, 0.3) is 10.9 Å². The topological polar surface area (TPSA) is 49.5 Å². The number of halogens is 1. The fourth-order valence-corrected chi connectivity index (χ4v) is 3.00. The number of rotatable bonds is 7. The molecule has 0 amide bonds. The van der Waals surface area contributed by atoms with Gasteiger partial charge in [-0.2, -0.15) is 0 Å². The van der Waals surface area contributed by atoms with Crippen LogP contribution in [0.5, 0.6) is 0 Å². The number of para-hydroxylation sites is 1. The van der Waals surface area contributed by atoms with Gasteiger partial charge in [-0.3, -0.25) is 4.79 Å². The molecule has 0 saturated carbocycles. The first kappa shape index (κ1) is 18.2. The zero-order valence-electron chi connectivity index (χ0n) is 13.8. The molecule has 0 aliphatic heterocycles. The summed E-state index contributed by atoms with van der Waals surface area (Å²) in [7, 11) is 0. The average Bonchev–Trinajstić information content (AvgIpc) is 2.99. The summed E-state index contributed by atoms with van der Waals surface area (Å²) in [5.74, 6) is 0.223. The van der Waals surface area contributed by atoms with E-state index in [1.807, 2.05) is 36.4 Å². The molecule has 0 spiro atoms. The van der Waals surface area contributed by atoms with Crippen LogP contribution < -0.4 is 17.7 Å². The number of hydrogen-bond donors (Lipinski definition) is 2. The van der Waals surface area contributed by atoms with Crippen molar-refractivity contribution < 1.29 is 22.5 Å². The lowest BCUT2D eigenvalue weighted by Crippen LogP contribution is -3.00. The SMILES string of the molecule is CC(Cc1c[nH]c2ccccc12)[NH2+]CCC(=O)c1ccccc1.[Cl-]. The van der Waals surface area contributed by atoms with Gasteiger partial charge in [-0.25, -0.2) is 0 Å². The van der Waals surface area contributed by atoms with Crippen LogP contribution >= 0.6 is 0 Å². The Morgan fingerprint density at radius 2 is 1.79 bits per heavy atom. The van der Waals surface area contributed by atoms with Crippen molar-refractivity contribution in [2.45, 2.75) is 25.8 Å². The first-order chi connectivity index (χ1) is 11.2. The number of H-pyrrole nitrogens is 1. The predicted octanol–water partition coefficient (Wildman–Crippen LogP) is -0.0607. The highest BCUT2D eigenvalue weighted by Crippen LogP contribution is 2.18. The molecule has 126 valence electrons. The third-order valence-corrected chi connectivity index (χ3v) is 4.25. The van der Waals surface area contributed by atoms with Crippen molar-refractivity contribution in [2.75, 3.05) is 6.54 Å². The number of nitrogens with two attached hydrogens (primary N) is 1. The number of Topliss-reactive ketones (excluding diaryl/α,β-unsaturated/α-hetero) is 1. The third kappa shape index (κ3) is 4.47. The summed E-state index contributed by atoms with van der Waals surface area (Å²) in [5, 5.41) is 3.57. The van der Waals surface area contributed by atoms with E-state index in [2.05, 4.69) is 41.6 Å². The normalized spacial score (nSPS) is 11.9. The van der Waals surface area contributed by atoms with Crippen molar-refractivity contribution >= 4 is 16.7 Å². The first-order valence-corrected chi connectivity index (χ1v) is 8.20. The number of aromatic nitrogens is 1. The van der Waals surface area contributed by atoms with Crippen molar-refractivity contribution in [3.05, 3.63) is 71.9 Å². The lowest BCUT2D eigenvalue weighted by atomic mass is 10.1. The van der Waals surface area contributed by atoms with Gasteiger partial charge in [0.1, 0.15) is 0 Å². The van der Waals surface area contributed by atoms with Gasteiger partial charge in [-0.05, 0) is 18.6 Å². The lowest BCUT2D eigenvalue weighted by molar-refractivity contribution is -0.684. The second-order valence-corrected chi connectivity index (χ2v) is 6.10. The van der Waals surface area contributed by atoms with E-state index in [9.17, 15) is 4.79 Å². The van der Waals surface area contributed by atoms with Crippen LogP contribution in [-0.4, -0.2) is 23.4 Å². The summed E-state index contributed by atoms with van der Waals surface area (Å²) >= 11 is 0. The van der Waals surface area contributed by atoms with Crippen molar-refractivity contribution in [2.24, 2.45) is 0 Å². The van der Waals surface area contributed by atoms with Gasteiger partial charge in [-0.15, -0.1) is 0 Å². The highest BCUT2D eigenvalue weighted by atomic mass is 35.5. The van der Waals surface area contributed by atoms with E-state index in [-0.39, 0.29) is 18.2 Å². The number of carbonyl (C=O) groups is 1. The Morgan fingerprint density at radius 3 is 2.58 bits per heavy atom. The number of nitrogens with one attached hydrogen (secondary N) is 1. The minimum Gasteiger partial charge on any atom is -1.00 e. The van der Waals surface area contributed by atoms with Crippen molar-refractivity contribution in [3.63, 3.8) is 0 Å². The predicted molar refractivity (Wildman–Crippen MR) is 93.6 cm³/mol. The molecule has 1 heterocycles. The molecule has 2 aromatic carbocycles. The molecule has 3 aromatic rings. The lowest BCUT2D eigenvalue weighted by Gasteiger charge is -2.10. The number of carbonyl (C=O) groups excluding carboxylic acids is 1. The number of quaternary nitrogens is 1. The molecular weight excluding hydrogens is 320 g/mol. The summed E-state index contributed by atoms with van der Waals surface area (Å²) in [6, 6.07) is 18.4. The quantitative estimate of drug-likeness (QED) is 0.581. The monoisotopic (exact) mass is 342 g/mol. The number of benzene rings is 2. The van der Waals surface area contributed by atoms with Crippen LogP contribution in [0.15, 0.2) is 60.8 Å². The van der Waals surface area contributed by atoms with E-state index in [4.69, 9.17) is 0 Å². The molecular formula is C20H23ClN2O. The second-order valence-electron chi connectivity index (χ2n) is 6.10. The molecule has 0 radical (unpaired) electrons. The Balaban J connectivity index is 0.00000208. The third-order valence-electron chi connectivity index (χ3n) is 4.25. The highest BCUT2D eigenvalue weighted by molar-refractivity contribution is 5.96. The Labute approximate surface area is 148 Å². The molecule has 3 N–H and O–H groups in total. The van der Waals surface area contributed by atoms with Crippen LogP contribution in [0.4, 0.5) is 0 Å². The standard InChI is InChI=1S/C20H22N2O.ClH/c1-15(13-17-14-22-19-10-6-5-9-18(17)19)21-12-11-20(23)16-7-3-2-4-8-16;/h2-10,14-15,21-22H,11-13H2,1H3;1H. The van der Waals surface area contributed by atoms with Gasteiger partial charge in [-0.1, -0.05) is 48.5 Å². The van der Waals surface area contributed by atoms with Gasteiger partial charge in [0.15, 0.2) is 5.78 Å². The Morgan fingerprint density at radius 1 is 1.08 bits per heavy atom. The smallest absolute Gasteiger partial charge is 0.168 e. The summed E-state index contributed by atoms with van der Waals surface area (Å²) in [6.45, 7) is 3.05. The van der Waals surface area contributed by atoms with Crippen molar-refractivity contribution in [1.29, 1.82) is 0 Å². The molecule has 3 rings (SSSR count). The van der Waals surface area contributed by atoms with E-state index < -0.39 is 0 Å². The number of aromatic amines is 1. The molecule has 0 bridgehead atoms. The zero-order valence-corrected chi connectivity index (χ0v) is 14.6. The van der Waals surface area contributed by atoms with Gasteiger partial charge in [0.2, 0.25) is 0 Å². The van der Waals surface area contributed by atoms with E-state index in [1.54, 1.807) is 0 Å². The van der Waals surface area contributed by atoms with Crippen LogP contribution in [0, 0.1) is 0 Å². The molecule has 0 aliphatic carbocycles. The van der Waals surface area contributed by atoms with E-state index in [0.29, 0.717) is 12.5 Å². The number of ketones is 1. The number of hydrogen-bond acceptors (Lipinski definition) is 1. The summed E-state index contributed by atoms with van der Waals surface area (Å²) in [5.41, 5.74) is 3.35. The largest absolute Gasteiger partial charge is 1.00 e. The molecule has 3 nitrogen and oxygen atoms in total. The van der Waals surface area contributed by atoms with Crippen LogP contribution in [0.3, 0.4) is 0 Å². The van der Waals surface area contributed by atoms with Gasteiger partial charge >= 0.3 is 0 Å².